The fourth-order valence-electron chi connectivity index (χ4n) is 2.35. The zero-order valence-electron chi connectivity index (χ0n) is 14.4. The van der Waals surface area contributed by atoms with Gasteiger partial charge in [0.05, 0.1) is 16.8 Å². The number of carbonyl (C=O) groups is 1. The highest BCUT2D eigenvalue weighted by Crippen LogP contribution is 2.35. The maximum atomic E-state index is 12.5. The van der Waals surface area contributed by atoms with E-state index in [2.05, 4.69) is 15.7 Å². The lowest BCUT2D eigenvalue weighted by molar-refractivity contribution is -0.122. The summed E-state index contributed by atoms with van der Waals surface area (Å²) < 4.78 is 11.8. The highest BCUT2D eigenvalue weighted by atomic mass is 35.5. The summed E-state index contributed by atoms with van der Waals surface area (Å²) in [5.41, 5.74) is 3.71. The van der Waals surface area contributed by atoms with Crippen LogP contribution >= 0.6 is 34.5 Å². The van der Waals surface area contributed by atoms with Gasteiger partial charge in [-0.05, 0) is 31.2 Å². The minimum Gasteiger partial charge on any atom is -0.494 e. The molecule has 10 heteroatoms. The van der Waals surface area contributed by atoms with E-state index in [0.717, 1.165) is 4.70 Å². The predicted molar refractivity (Wildman–Crippen MR) is 109 cm³/mol. The molecule has 1 heterocycles. The van der Waals surface area contributed by atoms with Gasteiger partial charge in [-0.25, -0.2) is 10.8 Å². The first-order chi connectivity index (χ1) is 12.9. The number of ether oxygens (including phenoxy) is 2. The summed E-state index contributed by atoms with van der Waals surface area (Å²) in [4.78, 5) is 16.8. The Hall–Kier alpha value is -2.26. The van der Waals surface area contributed by atoms with E-state index in [1.165, 1.54) is 18.4 Å². The first kappa shape index (κ1) is 19.5. The molecule has 0 aliphatic carbocycles. The van der Waals surface area contributed by atoms with E-state index in [-0.39, 0.29) is 5.91 Å². The number of hydrazine groups is 1. The van der Waals surface area contributed by atoms with Crippen molar-refractivity contribution in [2.45, 2.75) is 13.0 Å². The molecule has 0 saturated heterocycles. The number of amides is 1. The molecule has 1 amide bonds. The van der Waals surface area contributed by atoms with Crippen LogP contribution in [0.5, 0.6) is 11.5 Å². The number of anilines is 2. The number of fused-ring (bicyclic) bond motifs is 1. The van der Waals surface area contributed by atoms with Crippen molar-refractivity contribution < 1.29 is 14.3 Å². The molecule has 7 nitrogen and oxygen atoms in total. The number of nitrogen functional groups attached to an aromatic ring is 1. The van der Waals surface area contributed by atoms with E-state index >= 15 is 0 Å². The smallest absolute Gasteiger partial charge is 0.265 e. The third-order valence-electron chi connectivity index (χ3n) is 3.64. The van der Waals surface area contributed by atoms with Gasteiger partial charge in [-0.15, -0.1) is 0 Å². The summed E-state index contributed by atoms with van der Waals surface area (Å²) in [6, 6.07) is 8.27. The number of carbonyl (C=O) groups excluding carboxylic acids is 1. The number of nitrogens with one attached hydrogen (secondary N) is 2. The largest absolute Gasteiger partial charge is 0.494 e. The highest BCUT2D eigenvalue weighted by molar-refractivity contribution is 7.22. The van der Waals surface area contributed by atoms with Gasteiger partial charge in [0.2, 0.25) is 0 Å². The second kappa shape index (κ2) is 8.18. The van der Waals surface area contributed by atoms with Gasteiger partial charge in [0, 0.05) is 16.8 Å². The van der Waals surface area contributed by atoms with Crippen LogP contribution in [-0.4, -0.2) is 24.1 Å². The first-order valence-corrected chi connectivity index (χ1v) is 9.36. The van der Waals surface area contributed by atoms with E-state index < -0.39 is 6.10 Å². The summed E-state index contributed by atoms with van der Waals surface area (Å²) >= 11 is 13.3. The SMILES string of the molecule is COc1cc(NC(=O)[C@@H](C)Oc2ccc(Cl)cc2Cl)cc2sc(NN)nc12. The average molecular weight is 427 g/mol. The number of methoxy groups -OCH3 is 1. The number of benzene rings is 2. The number of hydrogen-bond donors (Lipinski definition) is 3. The van der Waals surface area contributed by atoms with E-state index in [4.69, 9.17) is 38.5 Å². The normalized spacial score (nSPS) is 11.9. The fraction of sp³-hybridized carbons (Fsp3) is 0.176. The molecule has 1 atom stereocenters. The molecular formula is C17H16Cl2N4O3S. The number of nitrogens with two attached hydrogens (primary N) is 1. The van der Waals surface area contributed by atoms with Gasteiger partial charge in [0.1, 0.15) is 17.0 Å². The van der Waals surface area contributed by atoms with Gasteiger partial charge in [0.25, 0.3) is 5.91 Å². The minimum atomic E-state index is -0.784. The molecule has 0 bridgehead atoms. The van der Waals surface area contributed by atoms with Crippen LogP contribution in [0.25, 0.3) is 10.2 Å². The Morgan fingerprint density at radius 1 is 1.26 bits per heavy atom. The Morgan fingerprint density at radius 3 is 2.70 bits per heavy atom. The molecular weight excluding hydrogens is 411 g/mol. The van der Waals surface area contributed by atoms with Crippen molar-refractivity contribution in [3.05, 3.63) is 40.4 Å². The lowest BCUT2D eigenvalue weighted by Crippen LogP contribution is -2.30. The average Bonchev–Trinajstić information content (AvgIpc) is 3.06. The van der Waals surface area contributed by atoms with E-state index in [0.29, 0.717) is 37.9 Å². The standard InChI is InChI=1S/C17H16Cl2N4O3S/c1-8(26-12-4-3-9(18)5-11(12)19)16(24)21-10-6-13(25-2)15-14(7-10)27-17(22-15)23-20/h3-8H,20H2,1-2H3,(H,21,24)(H,22,23)/t8-/m1/s1. The second-order valence-electron chi connectivity index (χ2n) is 5.51. The molecule has 0 spiro atoms. The Kier molecular flexibility index (Phi) is 5.91. The van der Waals surface area contributed by atoms with E-state index in [9.17, 15) is 4.79 Å². The third-order valence-corrected chi connectivity index (χ3v) is 5.10. The van der Waals surface area contributed by atoms with Crippen molar-refractivity contribution in [1.82, 2.24) is 4.98 Å². The molecule has 4 N–H and O–H groups in total. The molecule has 0 unspecified atom stereocenters. The van der Waals surface area contributed by atoms with Gasteiger partial charge in [-0.3, -0.25) is 10.2 Å². The summed E-state index contributed by atoms with van der Waals surface area (Å²) in [5, 5.41) is 4.16. The molecule has 3 rings (SSSR count). The van der Waals surface area contributed by atoms with Gasteiger partial charge < -0.3 is 14.8 Å². The van der Waals surface area contributed by atoms with Crippen molar-refractivity contribution in [2.24, 2.45) is 5.84 Å². The Balaban J connectivity index is 1.78. The fourth-order valence-corrected chi connectivity index (χ4v) is 3.63. The molecule has 0 saturated carbocycles. The number of hydrogen-bond acceptors (Lipinski definition) is 7. The molecule has 27 heavy (non-hydrogen) atoms. The maximum absolute atomic E-state index is 12.5. The number of aromatic nitrogens is 1. The lowest BCUT2D eigenvalue weighted by Gasteiger charge is -2.16. The minimum absolute atomic E-state index is 0.330. The van der Waals surface area contributed by atoms with Crippen LogP contribution in [0.15, 0.2) is 30.3 Å². The Labute approximate surface area is 169 Å². The Bertz CT molecular complexity index is 996. The maximum Gasteiger partial charge on any atom is 0.265 e. The van der Waals surface area contributed by atoms with Crippen molar-refractivity contribution in [2.75, 3.05) is 17.9 Å². The van der Waals surface area contributed by atoms with Crippen LogP contribution < -0.4 is 26.1 Å². The van der Waals surface area contributed by atoms with Crippen LogP contribution in [0.1, 0.15) is 6.92 Å². The van der Waals surface area contributed by atoms with Crippen molar-refractivity contribution in [1.29, 1.82) is 0 Å². The van der Waals surface area contributed by atoms with Gasteiger partial charge in [0.15, 0.2) is 11.2 Å². The van der Waals surface area contributed by atoms with Crippen LogP contribution in [0.2, 0.25) is 10.0 Å². The quantitative estimate of drug-likeness (QED) is 0.401. The summed E-state index contributed by atoms with van der Waals surface area (Å²) in [6.07, 6.45) is -0.784. The number of nitrogens with zero attached hydrogens (tertiary/aromatic N) is 1. The van der Waals surface area contributed by atoms with Crippen LogP contribution in [-0.2, 0) is 4.79 Å². The summed E-state index contributed by atoms with van der Waals surface area (Å²) in [5.74, 6) is 5.96. The number of thiazole rings is 1. The van der Waals surface area contributed by atoms with Gasteiger partial charge >= 0.3 is 0 Å². The van der Waals surface area contributed by atoms with Crippen LogP contribution in [0.4, 0.5) is 10.8 Å². The molecule has 0 aliphatic heterocycles. The predicted octanol–water partition coefficient (Wildman–Crippen LogP) is 4.30. The van der Waals surface area contributed by atoms with Crippen LogP contribution in [0.3, 0.4) is 0 Å². The Morgan fingerprint density at radius 2 is 2.04 bits per heavy atom. The molecule has 2 aromatic carbocycles. The molecule has 3 aromatic rings. The van der Waals surface area contributed by atoms with E-state index in [1.807, 2.05) is 0 Å². The zero-order chi connectivity index (χ0) is 19.6. The third kappa shape index (κ3) is 4.36. The molecule has 0 aliphatic rings. The molecule has 0 radical (unpaired) electrons. The molecule has 0 fully saturated rings. The zero-order valence-corrected chi connectivity index (χ0v) is 16.7. The summed E-state index contributed by atoms with van der Waals surface area (Å²) in [6.45, 7) is 1.62. The first-order valence-electron chi connectivity index (χ1n) is 7.79. The van der Waals surface area contributed by atoms with Crippen molar-refractivity contribution in [3.63, 3.8) is 0 Å². The van der Waals surface area contributed by atoms with Crippen molar-refractivity contribution in [3.8, 4) is 11.5 Å². The van der Waals surface area contributed by atoms with E-state index in [1.54, 1.807) is 37.3 Å². The van der Waals surface area contributed by atoms with Crippen molar-refractivity contribution >= 4 is 61.5 Å². The lowest BCUT2D eigenvalue weighted by atomic mass is 10.2. The van der Waals surface area contributed by atoms with Crippen LogP contribution in [0, 0.1) is 0 Å². The topological polar surface area (TPSA) is 98.5 Å². The number of halogens is 2. The molecule has 142 valence electrons. The van der Waals surface area contributed by atoms with Gasteiger partial charge in [-0.2, -0.15) is 0 Å². The molecule has 1 aromatic heterocycles. The second-order valence-corrected chi connectivity index (χ2v) is 7.39. The van der Waals surface area contributed by atoms with Gasteiger partial charge in [-0.1, -0.05) is 34.5 Å². The highest BCUT2D eigenvalue weighted by Gasteiger charge is 2.18. The number of rotatable bonds is 6. The summed E-state index contributed by atoms with van der Waals surface area (Å²) in [7, 11) is 1.53. The monoisotopic (exact) mass is 426 g/mol.